The maximum atomic E-state index is 3.43. The Morgan fingerprint density at radius 1 is 1.31 bits per heavy atom. The van der Waals surface area contributed by atoms with Gasteiger partial charge in [0, 0.05) is 13.1 Å². The van der Waals surface area contributed by atoms with Gasteiger partial charge in [0.2, 0.25) is 0 Å². The highest BCUT2D eigenvalue weighted by Gasteiger charge is 2.03. The maximum absolute atomic E-state index is 3.43. The van der Waals surface area contributed by atoms with Gasteiger partial charge in [0.1, 0.15) is 0 Å². The van der Waals surface area contributed by atoms with E-state index in [-0.39, 0.29) is 0 Å². The Balaban J connectivity index is 1.90. The lowest BCUT2D eigenvalue weighted by molar-refractivity contribution is 0.293. The minimum Gasteiger partial charge on any atom is -0.317 e. The largest absolute Gasteiger partial charge is 0.317 e. The zero-order chi connectivity index (χ0) is 9.36. The van der Waals surface area contributed by atoms with Crippen LogP contribution in [0.5, 0.6) is 0 Å². The summed E-state index contributed by atoms with van der Waals surface area (Å²) in [5.74, 6) is 0. The first-order valence-corrected chi connectivity index (χ1v) is 5.51. The van der Waals surface area contributed by atoms with Crippen LogP contribution >= 0.6 is 0 Å². The van der Waals surface area contributed by atoms with Crippen LogP contribution < -0.4 is 5.32 Å². The Hall–Kier alpha value is -0.340. The van der Waals surface area contributed by atoms with Gasteiger partial charge in [-0.1, -0.05) is 19.1 Å². The summed E-state index contributed by atoms with van der Waals surface area (Å²) < 4.78 is 0. The van der Waals surface area contributed by atoms with Gasteiger partial charge in [-0.15, -0.1) is 0 Å². The van der Waals surface area contributed by atoms with Crippen LogP contribution in [0.15, 0.2) is 12.2 Å². The molecule has 0 saturated carbocycles. The molecule has 0 aromatic rings. The van der Waals surface area contributed by atoms with E-state index < -0.39 is 0 Å². The summed E-state index contributed by atoms with van der Waals surface area (Å²) in [5.41, 5.74) is 0. The molecule has 0 fully saturated rings. The van der Waals surface area contributed by atoms with Gasteiger partial charge in [0.25, 0.3) is 0 Å². The second-order valence-corrected chi connectivity index (χ2v) is 3.66. The molecule has 1 N–H and O–H groups in total. The van der Waals surface area contributed by atoms with Crippen molar-refractivity contribution in [3.8, 4) is 0 Å². The first kappa shape index (κ1) is 10.7. The average Bonchev–Trinajstić information content (AvgIpc) is 2.19. The third-order valence-corrected chi connectivity index (χ3v) is 2.40. The molecule has 0 radical (unpaired) electrons. The van der Waals surface area contributed by atoms with Crippen molar-refractivity contribution in [2.24, 2.45) is 0 Å². The van der Waals surface area contributed by atoms with Crippen molar-refractivity contribution in [2.75, 3.05) is 32.7 Å². The van der Waals surface area contributed by atoms with Crippen LogP contribution in [-0.2, 0) is 0 Å². The molecule has 2 heteroatoms. The molecule has 1 aliphatic heterocycles. The topological polar surface area (TPSA) is 15.3 Å². The molecule has 13 heavy (non-hydrogen) atoms. The minimum absolute atomic E-state index is 1.16. The van der Waals surface area contributed by atoms with Crippen molar-refractivity contribution < 1.29 is 0 Å². The molecule has 1 heterocycles. The Kier molecular flexibility index (Phi) is 5.87. The lowest BCUT2D eigenvalue weighted by Crippen LogP contribution is -2.30. The van der Waals surface area contributed by atoms with Crippen molar-refractivity contribution in [2.45, 2.75) is 26.2 Å². The SMILES string of the molecule is CCCNCCCN1CC=CCC1. The Morgan fingerprint density at radius 3 is 2.92 bits per heavy atom. The molecule has 0 atom stereocenters. The third kappa shape index (κ3) is 5.06. The van der Waals surface area contributed by atoms with Crippen molar-refractivity contribution in [3.05, 3.63) is 12.2 Å². The van der Waals surface area contributed by atoms with Gasteiger partial charge in [-0.25, -0.2) is 0 Å². The number of nitrogens with zero attached hydrogens (tertiary/aromatic N) is 1. The fraction of sp³-hybridized carbons (Fsp3) is 0.818. The van der Waals surface area contributed by atoms with Gasteiger partial charge >= 0.3 is 0 Å². The van der Waals surface area contributed by atoms with E-state index in [1.54, 1.807) is 0 Å². The van der Waals surface area contributed by atoms with Crippen LogP contribution in [-0.4, -0.2) is 37.6 Å². The third-order valence-electron chi connectivity index (χ3n) is 2.40. The van der Waals surface area contributed by atoms with E-state index in [0.29, 0.717) is 0 Å². The Morgan fingerprint density at radius 2 is 2.23 bits per heavy atom. The molecule has 0 aliphatic carbocycles. The highest BCUT2D eigenvalue weighted by Crippen LogP contribution is 2.00. The van der Waals surface area contributed by atoms with E-state index in [1.807, 2.05) is 0 Å². The second-order valence-electron chi connectivity index (χ2n) is 3.66. The van der Waals surface area contributed by atoms with Crippen molar-refractivity contribution in [1.29, 1.82) is 0 Å². The number of rotatable bonds is 6. The second kappa shape index (κ2) is 7.10. The molecule has 0 spiro atoms. The monoisotopic (exact) mass is 182 g/mol. The molecule has 0 aromatic carbocycles. The van der Waals surface area contributed by atoms with Crippen LogP contribution in [0.25, 0.3) is 0 Å². The van der Waals surface area contributed by atoms with Crippen molar-refractivity contribution in [1.82, 2.24) is 10.2 Å². The zero-order valence-electron chi connectivity index (χ0n) is 8.76. The standard InChI is InChI=1S/C11H22N2/c1-2-7-12-8-6-11-13-9-4-3-5-10-13/h3-4,12H,2,5-11H2,1H3. The molecular formula is C11H22N2. The van der Waals surface area contributed by atoms with E-state index in [1.165, 1.54) is 45.4 Å². The van der Waals surface area contributed by atoms with E-state index >= 15 is 0 Å². The molecule has 1 rings (SSSR count). The van der Waals surface area contributed by atoms with Gasteiger partial charge in [-0.05, 0) is 38.9 Å². The van der Waals surface area contributed by atoms with Gasteiger partial charge in [0.05, 0.1) is 0 Å². The molecule has 0 bridgehead atoms. The number of hydrogen-bond acceptors (Lipinski definition) is 2. The molecule has 0 amide bonds. The lowest BCUT2D eigenvalue weighted by atomic mass is 10.2. The van der Waals surface area contributed by atoms with Gasteiger partial charge in [-0.2, -0.15) is 0 Å². The Labute approximate surface area is 82.0 Å². The molecule has 76 valence electrons. The molecule has 1 aliphatic rings. The summed E-state index contributed by atoms with van der Waals surface area (Å²) >= 11 is 0. The maximum Gasteiger partial charge on any atom is 0.0163 e. The highest BCUT2D eigenvalue weighted by atomic mass is 15.1. The summed E-state index contributed by atoms with van der Waals surface area (Å²) in [6, 6.07) is 0. The smallest absolute Gasteiger partial charge is 0.0163 e. The van der Waals surface area contributed by atoms with Gasteiger partial charge in [-0.3, -0.25) is 4.90 Å². The van der Waals surface area contributed by atoms with Gasteiger partial charge < -0.3 is 5.32 Å². The normalized spacial score (nSPS) is 17.9. The number of nitrogens with one attached hydrogen (secondary N) is 1. The van der Waals surface area contributed by atoms with Crippen LogP contribution in [0.3, 0.4) is 0 Å². The highest BCUT2D eigenvalue weighted by molar-refractivity contribution is 4.90. The predicted molar refractivity (Wildman–Crippen MR) is 58.0 cm³/mol. The van der Waals surface area contributed by atoms with E-state index in [4.69, 9.17) is 0 Å². The molecule has 0 unspecified atom stereocenters. The molecular weight excluding hydrogens is 160 g/mol. The van der Waals surface area contributed by atoms with Crippen LogP contribution in [0, 0.1) is 0 Å². The van der Waals surface area contributed by atoms with Crippen LogP contribution in [0.2, 0.25) is 0 Å². The van der Waals surface area contributed by atoms with Crippen LogP contribution in [0.4, 0.5) is 0 Å². The van der Waals surface area contributed by atoms with Crippen molar-refractivity contribution >= 4 is 0 Å². The minimum atomic E-state index is 1.16. The van der Waals surface area contributed by atoms with Gasteiger partial charge in [0.15, 0.2) is 0 Å². The molecule has 2 nitrogen and oxygen atoms in total. The first-order valence-electron chi connectivity index (χ1n) is 5.51. The Bertz CT molecular complexity index is 143. The fourth-order valence-corrected chi connectivity index (χ4v) is 1.62. The fourth-order valence-electron chi connectivity index (χ4n) is 1.62. The van der Waals surface area contributed by atoms with Crippen molar-refractivity contribution in [3.63, 3.8) is 0 Å². The van der Waals surface area contributed by atoms with E-state index in [9.17, 15) is 0 Å². The van der Waals surface area contributed by atoms with Crippen LogP contribution in [0.1, 0.15) is 26.2 Å². The van der Waals surface area contributed by atoms with E-state index in [0.717, 1.165) is 6.54 Å². The quantitative estimate of drug-likeness (QED) is 0.496. The first-order chi connectivity index (χ1) is 6.43. The zero-order valence-corrected chi connectivity index (χ0v) is 8.76. The summed E-state index contributed by atoms with van der Waals surface area (Å²) in [5, 5.41) is 3.43. The predicted octanol–water partition coefficient (Wildman–Crippen LogP) is 1.64. The van der Waals surface area contributed by atoms with E-state index in [2.05, 4.69) is 29.3 Å². The molecule has 0 aromatic heterocycles. The average molecular weight is 182 g/mol. The summed E-state index contributed by atoms with van der Waals surface area (Å²) in [6.07, 6.45) is 8.33. The number of hydrogen-bond donors (Lipinski definition) is 1. The lowest BCUT2D eigenvalue weighted by Gasteiger charge is -2.22. The molecule has 0 saturated heterocycles. The summed E-state index contributed by atoms with van der Waals surface area (Å²) in [6.45, 7) is 8.22. The summed E-state index contributed by atoms with van der Waals surface area (Å²) in [7, 11) is 0. The summed E-state index contributed by atoms with van der Waals surface area (Å²) in [4.78, 5) is 2.52.